The number of carbonyl (C=O) groups is 1. The number of benzene rings is 1. The van der Waals surface area contributed by atoms with Gasteiger partial charge in [-0.25, -0.2) is 13.1 Å². The van der Waals surface area contributed by atoms with Gasteiger partial charge in [0.2, 0.25) is 10.0 Å². The highest BCUT2D eigenvalue weighted by atomic mass is 32.2. The Balaban J connectivity index is 2.04. The Morgan fingerprint density at radius 3 is 2.75 bits per heavy atom. The highest BCUT2D eigenvalue weighted by Crippen LogP contribution is 2.12. The molecule has 7 nitrogen and oxygen atoms in total. The average Bonchev–Trinajstić information content (AvgIpc) is 3.06. The van der Waals surface area contributed by atoms with Crippen molar-refractivity contribution >= 4 is 15.9 Å². The first-order chi connectivity index (χ1) is 11.4. The molecular weight excluding hydrogens is 330 g/mol. The molecule has 0 aliphatic heterocycles. The highest BCUT2D eigenvalue weighted by Gasteiger charge is 2.16. The van der Waals surface area contributed by atoms with Crippen LogP contribution in [0.3, 0.4) is 0 Å². The number of amides is 1. The van der Waals surface area contributed by atoms with E-state index in [4.69, 9.17) is 0 Å². The van der Waals surface area contributed by atoms with Gasteiger partial charge < -0.3 is 9.84 Å². The minimum absolute atomic E-state index is 0.0175. The van der Waals surface area contributed by atoms with Crippen LogP contribution in [-0.4, -0.2) is 26.0 Å². The monoisotopic (exact) mass is 351 g/mol. The fourth-order valence-corrected chi connectivity index (χ4v) is 3.01. The van der Waals surface area contributed by atoms with Crippen molar-refractivity contribution in [3.05, 3.63) is 47.9 Å². The van der Waals surface area contributed by atoms with Crippen molar-refractivity contribution in [2.45, 2.75) is 31.7 Å². The van der Waals surface area contributed by atoms with Crippen molar-refractivity contribution in [2.75, 3.05) is 6.54 Å². The summed E-state index contributed by atoms with van der Waals surface area (Å²) in [6, 6.07) is 7.50. The van der Waals surface area contributed by atoms with Crippen molar-refractivity contribution in [1.82, 2.24) is 15.2 Å². The van der Waals surface area contributed by atoms with E-state index in [-0.39, 0.29) is 17.3 Å². The van der Waals surface area contributed by atoms with E-state index >= 15 is 0 Å². The van der Waals surface area contributed by atoms with Gasteiger partial charge in [0.1, 0.15) is 6.26 Å². The Labute approximate surface area is 141 Å². The maximum Gasteiger partial charge on any atom is 0.251 e. The molecule has 0 radical (unpaired) electrons. The lowest BCUT2D eigenvalue weighted by Gasteiger charge is -2.09. The number of hydrogen-bond acceptors (Lipinski definition) is 5. The van der Waals surface area contributed by atoms with Crippen LogP contribution in [0.2, 0.25) is 0 Å². The van der Waals surface area contributed by atoms with Gasteiger partial charge >= 0.3 is 0 Å². The second-order valence-corrected chi connectivity index (χ2v) is 7.55. The van der Waals surface area contributed by atoms with E-state index < -0.39 is 10.0 Å². The zero-order chi connectivity index (χ0) is 17.6. The molecule has 1 amide bonds. The summed E-state index contributed by atoms with van der Waals surface area (Å²) in [5.41, 5.74) is 0.782. The summed E-state index contributed by atoms with van der Waals surface area (Å²) in [5, 5.41) is 6.43. The van der Waals surface area contributed by atoms with Gasteiger partial charge in [-0.15, -0.1) is 0 Å². The largest absolute Gasteiger partial charge is 0.364 e. The third-order valence-electron chi connectivity index (χ3n) is 3.35. The van der Waals surface area contributed by atoms with Crippen LogP contribution >= 0.6 is 0 Å². The van der Waals surface area contributed by atoms with E-state index in [1.54, 1.807) is 18.2 Å². The van der Waals surface area contributed by atoms with Crippen LogP contribution in [-0.2, 0) is 16.6 Å². The molecule has 0 aliphatic rings. The number of carbonyl (C=O) groups excluding carboxylic acids is 1. The summed E-state index contributed by atoms with van der Waals surface area (Å²) in [6.07, 6.45) is 2.23. The number of aromatic nitrogens is 1. The summed E-state index contributed by atoms with van der Waals surface area (Å²) in [6.45, 7) is 4.71. The van der Waals surface area contributed by atoms with Gasteiger partial charge in [-0.05, 0) is 30.5 Å². The zero-order valence-electron chi connectivity index (χ0n) is 13.7. The summed E-state index contributed by atoms with van der Waals surface area (Å²) >= 11 is 0. The second kappa shape index (κ2) is 8.07. The van der Waals surface area contributed by atoms with Crippen LogP contribution in [0.4, 0.5) is 0 Å². The van der Waals surface area contributed by atoms with Crippen LogP contribution in [0.15, 0.2) is 46.0 Å². The van der Waals surface area contributed by atoms with Gasteiger partial charge in [-0.1, -0.05) is 25.1 Å². The standard InChI is InChI=1S/C16H21N3O4S/c1-12(2)6-8-17-16(20)13-4-3-5-15(10-13)24(21,22)18-11-14-7-9-23-19-14/h3-5,7,9-10,12,18H,6,8,11H2,1-2H3,(H,17,20). The van der Waals surface area contributed by atoms with E-state index in [0.29, 0.717) is 23.7 Å². The summed E-state index contributed by atoms with van der Waals surface area (Å²) < 4.78 is 31.7. The first kappa shape index (κ1) is 18.2. The van der Waals surface area contributed by atoms with Crippen molar-refractivity contribution in [2.24, 2.45) is 5.92 Å². The molecule has 24 heavy (non-hydrogen) atoms. The van der Waals surface area contributed by atoms with Gasteiger partial charge in [-0.3, -0.25) is 4.79 Å². The van der Waals surface area contributed by atoms with E-state index in [0.717, 1.165) is 6.42 Å². The SMILES string of the molecule is CC(C)CCNC(=O)c1cccc(S(=O)(=O)NCc2ccon2)c1. The summed E-state index contributed by atoms with van der Waals surface area (Å²) in [4.78, 5) is 12.1. The maximum atomic E-state index is 12.3. The fourth-order valence-electron chi connectivity index (χ4n) is 1.96. The van der Waals surface area contributed by atoms with Crippen molar-refractivity contribution in [1.29, 1.82) is 0 Å². The molecule has 1 heterocycles. The van der Waals surface area contributed by atoms with Gasteiger partial charge in [0.15, 0.2) is 0 Å². The molecule has 0 fully saturated rings. The third kappa shape index (κ3) is 5.17. The van der Waals surface area contributed by atoms with Crippen molar-refractivity contribution < 1.29 is 17.7 Å². The third-order valence-corrected chi connectivity index (χ3v) is 4.75. The molecule has 0 spiro atoms. The number of rotatable bonds is 8. The van der Waals surface area contributed by atoms with Crippen LogP contribution < -0.4 is 10.0 Å². The number of sulfonamides is 1. The first-order valence-corrected chi connectivity index (χ1v) is 9.14. The first-order valence-electron chi connectivity index (χ1n) is 7.65. The Morgan fingerprint density at radius 1 is 1.29 bits per heavy atom. The minimum atomic E-state index is -3.74. The molecule has 2 rings (SSSR count). The summed E-state index contributed by atoms with van der Waals surface area (Å²) in [7, 11) is -3.74. The number of hydrogen-bond donors (Lipinski definition) is 2. The molecule has 0 atom stereocenters. The normalized spacial score (nSPS) is 11.6. The molecule has 130 valence electrons. The van der Waals surface area contributed by atoms with Gasteiger partial charge in [-0.2, -0.15) is 0 Å². The molecule has 0 unspecified atom stereocenters. The van der Waals surface area contributed by atoms with Crippen LogP contribution in [0.1, 0.15) is 36.3 Å². The Morgan fingerprint density at radius 2 is 2.08 bits per heavy atom. The molecule has 0 aliphatic carbocycles. The van der Waals surface area contributed by atoms with Crippen LogP contribution in [0.5, 0.6) is 0 Å². The Bertz CT molecular complexity index is 770. The predicted octanol–water partition coefficient (Wildman–Crippen LogP) is 1.93. The average molecular weight is 351 g/mol. The van der Waals surface area contributed by atoms with E-state index in [2.05, 4.69) is 33.6 Å². The summed E-state index contributed by atoms with van der Waals surface area (Å²) in [5.74, 6) is 0.196. The lowest BCUT2D eigenvalue weighted by molar-refractivity contribution is 0.0952. The molecule has 2 aromatic rings. The van der Waals surface area contributed by atoms with Crippen molar-refractivity contribution in [3.63, 3.8) is 0 Å². The fraction of sp³-hybridized carbons (Fsp3) is 0.375. The lowest BCUT2D eigenvalue weighted by atomic mass is 10.1. The lowest BCUT2D eigenvalue weighted by Crippen LogP contribution is -2.26. The molecule has 1 aromatic carbocycles. The molecule has 0 saturated carbocycles. The Hall–Kier alpha value is -2.19. The maximum absolute atomic E-state index is 12.3. The number of nitrogens with zero attached hydrogens (tertiary/aromatic N) is 1. The molecule has 1 aromatic heterocycles. The Kier molecular flexibility index (Phi) is 6.10. The zero-order valence-corrected chi connectivity index (χ0v) is 14.5. The molecule has 2 N–H and O–H groups in total. The van der Waals surface area contributed by atoms with Gasteiger partial charge in [0, 0.05) is 18.2 Å². The minimum Gasteiger partial charge on any atom is -0.364 e. The molecule has 0 saturated heterocycles. The van der Waals surface area contributed by atoms with Crippen LogP contribution in [0, 0.1) is 5.92 Å². The second-order valence-electron chi connectivity index (χ2n) is 5.78. The van der Waals surface area contributed by atoms with E-state index in [1.807, 2.05) is 0 Å². The smallest absolute Gasteiger partial charge is 0.251 e. The topological polar surface area (TPSA) is 101 Å². The number of nitrogens with one attached hydrogen (secondary N) is 2. The quantitative estimate of drug-likeness (QED) is 0.757. The van der Waals surface area contributed by atoms with Crippen LogP contribution in [0.25, 0.3) is 0 Å². The van der Waals surface area contributed by atoms with E-state index in [9.17, 15) is 13.2 Å². The van der Waals surface area contributed by atoms with Gasteiger partial charge in [0.25, 0.3) is 5.91 Å². The molecular formula is C16H21N3O4S. The van der Waals surface area contributed by atoms with E-state index in [1.165, 1.54) is 18.4 Å². The van der Waals surface area contributed by atoms with Crippen molar-refractivity contribution in [3.8, 4) is 0 Å². The molecule has 0 bridgehead atoms. The van der Waals surface area contributed by atoms with Gasteiger partial charge in [0.05, 0.1) is 17.1 Å². The highest BCUT2D eigenvalue weighted by molar-refractivity contribution is 7.89. The molecule has 8 heteroatoms. The predicted molar refractivity (Wildman–Crippen MR) is 88.8 cm³/mol.